The molecule has 2 N–H and O–H groups in total. The number of nitrogens with zero attached hydrogens (tertiary/aromatic N) is 1. The highest BCUT2D eigenvalue weighted by Gasteiger charge is 2.43. The Hall–Kier alpha value is -2.41. The lowest BCUT2D eigenvalue weighted by Gasteiger charge is -2.23. The number of pyridine rings is 1. The number of amides is 1. The molecule has 0 saturated heterocycles. The topological polar surface area (TPSA) is 62.2 Å². The van der Waals surface area contributed by atoms with Gasteiger partial charge in [-0.3, -0.25) is 9.78 Å². The molecule has 0 fully saturated rings. The van der Waals surface area contributed by atoms with Crippen LogP contribution in [0.25, 0.3) is 0 Å². The van der Waals surface area contributed by atoms with E-state index in [4.69, 9.17) is 0 Å². The highest BCUT2D eigenvalue weighted by Crippen LogP contribution is 2.27. The Bertz CT molecular complexity index is 663. The maximum Gasteiger partial charge on any atom is 0.366 e. The number of aromatic nitrogens is 1. The minimum atomic E-state index is -3.82. The molecule has 2 aromatic rings. The summed E-state index contributed by atoms with van der Waals surface area (Å²) in [5.74, 6) is -5.87. The highest BCUT2D eigenvalue weighted by atomic mass is 19.3. The first-order valence-corrected chi connectivity index (χ1v) is 6.86. The molecule has 0 aliphatic rings. The molecule has 1 aromatic heterocycles. The van der Waals surface area contributed by atoms with Gasteiger partial charge in [0.1, 0.15) is 11.5 Å². The Labute approximate surface area is 131 Å². The molecule has 0 saturated carbocycles. The zero-order chi connectivity index (χ0) is 17.0. The van der Waals surface area contributed by atoms with Gasteiger partial charge in [0.25, 0.3) is 5.91 Å². The van der Waals surface area contributed by atoms with E-state index in [0.717, 1.165) is 24.4 Å². The van der Waals surface area contributed by atoms with Crippen molar-refractivity contribution in [2.24, 2.45) is 0 Å². The first-order valence-electron chi connectivity index (χ1n) is 6.86. The van der Waals surface area contributed by atoms with Crippen molar-refractivity contribution in [1.29, 1.82) is 0 Å². The van der Waals surface area contributed by atoms with E-state index in [9.17, 15) is 23.1 Å². The number of benzene rings is 1. The van der Waals surface area contributed by atoms with Crippen molar-refractivity contribution < 1.29 is 23.1 Å². The van der Waals surface area contributed by atoms with Crippen LogP contribution in [0.15, 0.2) is 48.7 Å². The van der Waals surface area contributed by atoms with Crippen molar-refractivity contribution in [3.8, 4) is 0 Å². The van der Waals surface area contributed by atoms with Crippen molar-refractivity contribution in [1.82, 2.24) is 10.3 Å². The van der Waals surface area contributed by atoms with Crippen LogP contribution in [-0.4, -0.2) is 22.0 Å². The fourth-order valence-corrected chi connectivity index (χ4v) is 1.99. The Morgan fingerprint density at radius 2 is 1.87 bits per heavy atom. The summed E-state index contributed by atoms with van der Waals surface area (Å²) < 4.78 is 40.9. The molecular formula is C16H15F3N2O2. The van der Waals surface area contributed by atoms with Crippen LogP contribution < -0.4 is 5.32 Å². The third-order valence-electron chi connectivity index (χ3n) is 3.32. The lowest BCUT2D eigenvalue weighted by Crippen LogP contribution is -2.45. The van der Waals surface area contributed by atoms with E-state index >= 15 is 0 Å². The van der Waals surface area contributed by atoms with E-state index in [2.05, 4.69) is 10.3 Å². The Morgan fingerprint density at radius 1 is 1.22 bits per heavy atom. The summed E-state index contributed by atoms with van der Waals surface area (Å²) in [6.07, 6.45) is -0.0908. The zero-order valence-corrected chi connectivity index (χ0v) is 12.2. The first-order chi connectivity index (χ1) is 10.8. The summed E-state index contributed by atoms with van der Waals surface area (Å²) in [4.78, 5) is 15.3. The molecule has 23 heavy (non-hydrogen) atoms. The maximum absolute atomic E-state index is 14.0. The molecule has 2 rings (SSSR count). The van der Waals surface area contributed by atoms with E-state index in [1.165, 1.54) is 31.2 Å². The van der Waals surface area contributed by atoms with E-state index < -0.39 is 35.5 Å². The number of halogens is 3. The second kappa shape index (κ2) is 6.78. The van der Waals surface area contributed by atoms with Gasteiger partial charge < -0.3 is 10.4 Å². The average molecular weight is 324 g/mol. The van der Waals surface area contributed by atoms with Gasteiger partial charge >= 0.3 is 5.92 Å². The van der Waals surface area contributed by atoms with Crippen LogP contribution >= 0.6 is 0 Å². The molecule has 0 spiro atoms. The van der Waals surface area contributed by atoms with Gasteiger partial charge in [-0.25, -0.2) is 4.39 Å². The summed E-state index contributed by atoms with van der Waals surface area (Å²) in [7, 11) is 0. The van der Waals surface area contributed by atoms with Gasteiger partial charge in [-0.1, -0.05) is 18.2 Å². The van der Waals surface area contributed by atoms with Gasteiger partial charge in [0.2, 0.25) is 0 Å². The van der Waals surface area contributed by atoms with E-state index in [1.54, 1.807) is 0 Å². The van der Waals surface area contributed by atoms with Crippen LogP contribution in [0.4, 0.5) is 13.2 Å². The monoisotopic (exact) mass is 324 g/mol. The Morgan fingerprint density at radius 3 is 2.43 bits per heavy atom. The molecule has 0 bridgehead atoms. The number of alkyl halides is 2. The van der Waals surface area contributed by atoms with Crippen molar-refractivity contribution in [3.05, 3.63) is 65.7 Å². The molecule has 122 valence electrons. The van der Waals surface area contributed by atoms with Crippen molar-refractivity contribution in [2.45, 2.75) is 25.0 Å². The molecule has 1 aromatic carbocycles. The lowest BCUT2D eigenvalue weighted by atomic mass is 10.0. The zero-order valence-electron chi connectivity index (χ0n) is 12.2. The van der Waals surface area contributed by atoms with E-state index in [-0.39, 0.29) is 0 Å². The summed E-state index contributed by atoms with van der Waals surface area (Å²) in [5.41, 5.74) is -0.374. The number of carbonyl (C=O) groups excluding carboxylic acids is 1. The Balaban J connectivity index is 2.08. The number of aliphatic hydroxyl groups excluding tert-OH is 1. The number of aliphatic hydroxyl groups is 1. The molecule has 0 unspecified atom stereocenters. The SMILES string of the molecule is C[C@@H](NC(=O)C(F)(F)c1ccccn1)[C@@H](O)c1ccc(F)cc1. The van der Waals surface area contributed by atoms with Gasteiger partial charge in [-0.05, 0) is 36.8 Å². The third kappa shape index (κ3) is 3.87. The normalized spacial score (nSPS) is 14.1. The molecule has 0 radical (unpaired) electrons. The molecule has 1 heterocycles. The fraction of sp³-hybridized carbons (Fsp3) is 0.250. The summed E-state index contributed by atoms with van der Waals surface area (Å²) >= 11 is 0. The second-order valence-corrected chi connectivity index (χ2v) is 5.05. The van der Waals surface area contributed by atoms with E-state index in [0.29, 0.717) is 5.56 Å². The minimum absolute atomic E-state index is 0.306. The van der Waals surface area contributed by atoms with Crippen LogP contribution in [0, 0.1) is 5.82 Å². The minimum Gasteiger partial charge on any atom is -0.386 e. The van der Waals surface area contributed by atoms with Gasteiger partial charge in [0.15, 0.2) is 0 Å². The van der Waals surface area contributed by atoms with Crippen LogP contribution in [0.2, 0.25) is 0 Å². The molecule has 0 aliphatic heterocycles. The maximum atomic E-state index is 14.0. The van der Waals surface area contributed by atoms with Gasteiger partial charge in [-0.2, -0.15) is 8.78 Å². The standard InChI is InChI=1S/C16H15F3N2O2/c1-10(14(22)11-5-7-12(17)8-6-11)21-15(23)16(18,19)13-4-2-3-9-20-13/h2-10,14,22H,1H3,(H,21,23)/t10-,14-/m1/s1. The summed E-state index contributed by atoms with van der Waals surface area (Å²) in [6, 6.07) is 7.76. The predicted octanol–water partition coefficient (Wildman–Crippen LogP) is 2.55. The summed E-state index contributed by atoms with van der Waals surface area (Å²) in [5, 5.41) is 12.1. The third-order valence-corrected chi connectivity index (χ3v) is 3.32. The van der Waals surface area contributed by atoms with Crippen molar-refractivity contribution in [3.63, 3.8) is 0 Å². The van der Waals surface area contributed by atoms with Crippen LogP contribution in [0.3, 0.4) is 0 Å². The van der Waals surface area contributed by atoms with Crippen molar-refractivity contribution >= 4 is 5.91 Å². The largest absolute Gasteiger partial charge is 0.386 e. The Kier molecular flexibility index (Phi) is 5.00. The quantitative estimate of drug-likeness (QED) is 0.888. The van der Waals surface area contributed by atoms with Gasteiger partial charge in [-0.15, -0.1) is 0 Å². The number of nitrogens with one attached hydrogen (secondary N) is 1. The predicted molar refractivity (Wildman–Crippen MR) is 77.1 cm³/mol. The molecule has 4 nitrogen and oxygen atoms in total. The molecule has 7 heteroatoms. The smallest absolute Gasteiger partial charge is 0.366 e. The fourth-order valence-electron chi connectivity index (χ4n) is 1.99. The van der Waals surface area contributed by atoms with Gasteiger partial charge in [0, 0.05) is 6.20 Å². The van der Waals surface area contributed by atoms with Crippen LogP contribution in [0.5, 0.6) is 0 Å². The molecule has 1 amide bonds. The van der Waals surface area contributed by atoms with Crippen LogP contribution in [-0.2, 0) is 10.7 Å². The molecule has 2 atom stereocenters. The lowest BCUT2D eigenvalue weighted by molar-refractivity contribution is -0.149. The highest BCUT2D eigenvalue weighted by molar-refractivity contribution is 5.84. The van der Waals surface area contributed by atoms with E-state index in [1.807, 2.05) is 0 Å². The van der Waals surface area contributed by atoms with Crippen molar-refractivity contribution in [2.75, 3.05) is 0 Å². The number of rotatable bonds is 5. The second-order valence-electron chi connectivity index (χ2n) is 5.05. The first kappa shape index (κ1) is 17.0. The average Bonchev–Trinajstić information content (AvgIpc) is 2.55. The number of hydrogen-bond donors (Lipinski definition) is 2. The van der Waals surface area contributed by atoms with Crippen LogP contribution in [0.1, 0.15) is 24.3 Å². The summed E-state index contributed by atoms with van der Waals surface area (Å²) in [6.45, 7) is 1.38. The molecule has 0 aliphatic carbocycles. The van der Waals surface area contributed by atoms with Gasteiger partial charge in [0.05, 0.1) is 12.1 Å². The number of carbonyl (C=O) groups is 1. The number of hydrogen-bond acceptors (Lipinski definition) is 3. The molecular weight excluding hydrogens is 309 g/mol.